The second kappa shape index (κ2) is 7.35. The number of para-hydroxylation sites is 1. The molecule has 6 nitrogen and oxygen atoms in total. The Balaban J connectivity index is 1.99. The molecule has 3 rings (SSSR count). The predicted octanol–water partition coefficient (Wildman–Crippen LogP) is 1.39. The highest BCUT2D eigenvalue weighted by atomic mass is 16.3. The number of hydrogen-bond donors (Lipinski definition) is 3. The standard InChI is InChI=1S/C20H22N2O4/c1-2-20(26,12-25)16(15(10-23)11-24)8-18-19-14(9-21-18)7-13-5-3-4-6-17(13)22-19/h3-8,10,12,15,19,22,24,26H,2,9,11H2,1H3/b16-8+. The first-order valence-electron chi connectivity index (χ1n) is 8.63. The molecule has 1 aromatic rings. The quantitative estimate of drug-likeness (QED) is 0.643. The first kappa shape index (κ1) is 18.2. The Bertz CT molecular complexity index is 812. The molecule has 0 amide bonds. The van der Waals surface area contributed by atoms with Crippen LogP contribution >= 0.6 is 0 Å². The second-order valence-corrected chi connectivity index (χ2v) is 6.55. The highest BCUT2D eigenvalue weighted by molar-refractivity contribution is 6.08. The molecular formula is C20H22N2O4. The van der Waals surface area contributed by atoms with Gasteiger partial charge < -0.3 is 20.3 Å². The third kappa shape index (κ3) is 3.13. The van der Waals surface area contributed by atoms with Crippen molar-refractivity contribution < 1.29 is 19.8 Å². The predicted molar refractivity (Wildman–Crippen MR) is 100 cm³/mol. The maximum Gasteiger partial charge on any atom is 0.155 e. The zero-order chi connectivity index (χ0) is 18.7. The summed E-state index contributed by atoms with van der Waals surface area (Å²) in [7, 11) is 0. The van der Waals surface area contributed by atoms with E-state index < -0.39 is 18.1 Å². The van der Waals surface area contributed by atoms with E-state index in [0.29, 0.717) is 24.8 Å². The van der Waals surface area contributed by atoms with Gasteiger partial charge in [-0.05, 0) is 41.3 Å². The second-order valence-electron chi connectivity index (χ2n) is 6.55. The van der Waals surface area contributed by atoms with Gasteiger partial charge in [-0.3, -0.25) is 9.79 Å². The number of fused-ring (bicyclic) bond motifs is 2. The van der Waals surface area contributed by atoms with Gasteiger partial charge >= 0.3 is 0 Å². The average Bonchev–Trinajstić information content (AvgIpc) is 3.07. The fourth-order valence-corrected chi connectivity index (χ4v) is 3.37. The fourth-order valence-electron chi connectivity index (χ4n) is 3.37. The molecule has 0 fully saturated rings. The largest absolute Gasteiger partial charge is 0.395 e. The normalized spacial score (nSPS) is 22.1. The number of aldehydes is 2. The van der Waals surface area contributed by atoms with Gasteiger partial charge in [-0.1, -0.05) is 25.1 Å². The minimum atomic E-state index is -1.81. The number of nitrogens with zero attached hydrogens (tertiary/aromatic N) is 1. The number of anilines is 1. The summed E-state index contributed by atoms with van der Waals surface area (Å²) in [5.74, 6) is -0.961. The molecule has 0 radical (unpaired) electrons. The Morgan fingerprint density at radius 2 is 2.19 bits per heavy atom. The minimum Gasteiger partial charge on any atom is -0.395 e. The number of hydrogen-bond acceptors (Lipinski definition) is 6. The number of benzene rings is 1. The van der Waals surface area contributed by atoms with Crippen LogP contribution in [-0.2, 0) is 9.59 Å². The average molecular weight is 354 g/mol. The smallest absolute Gasteiger partial charge is 0.155 e. The van der Waals surface area contributed by atoms with Crippen molar-refractivity contribution in [3.63, 3.8) is 0 Å². The van der Waals surface area contributed by atoms with Gasteiger partial charge in [0, 0.05) is 5.69 Å². The fraction of sp³-hybridized carbons (Fsp3) is 0.350. The molecule has 3 unspecified atom stereocenters. The third-order valence-corrected chi connectivity index (χ3v) is 5.01. The number of nitrogens with one attached hydrogen (secondary N) is 1. The highest BCUT2D eigenvalue weighted by Crippen LogP contribution is 2.32. The van der Waals surface area contributed by atoms with Crippen molar-refractivity contribution >= 4 is 30.0 Å². The Labute approximate surface area is 152 Å². The van der Waals surface area contributed by atoms with Crippen molar-refractivity contribution in [2.75, 3.05) is 18.5 Å². The Kier molecular flexibility index (Phi) is 5.15. The monoisotopic (exact) mass is 354 g/mol. The number of aliphatic hydroxyl groups excluding tert-OH is 1. The molecule has 3 atom stereocenters. The summed E-state index contributed by atoms with van der Waals surface area (Å²) in [4.78, 5) is 27.4. The van der Waals surface area contributed by atoms with Crippen molar-refractivity contribution in [1.82, 2.24) is 0 Å². The zero-order valence-electron chi connectivity index (χ0n) is 14.6. The Morgan fingerprint density at radius 3 is 2.85 bits per heavy atom. The van der Waals surface area contributed by atoms with Gasteiger partial charge in [0.2, 0.25) is 0 Å². The molecule has 6 heteroatoms. The van der Waals surface area contributed by atoms with E-state index in [-0.39, 0.29) is 18.0 Å². The molecule has 0 aliphatic carbocycles. The minimum absolute atomic E-state index is 0.101. The summed E-state index contributed by atoms with van der Waals surface area (Å²) in [5.41, 5.74) is 2.13. The zero-order valence-corrected chi connectivity index (χ0v) is 14.6. The summed E-state index contributed by atoms with van der Waals surface area (Å²) in [5, 5.41) is 23.6. The van der Waals surface area contributed by atoms with E-state index in [1.165, 1.54) is 0 Å². The van der Waals surface area contributed by atoms with E-state index in [9.17, 15) is 19.8 Å². The van der Waals surface area contributed by atoms with E-state index in [1.54, 1.807) is 13.0 Å². The van der Waals surface area contributed by atoms with E-state index in [0.717, 1.165) is 16.8 Å². The summed E-state index contributed by atoms with van der Waals surface area (Å²) < 4.78 is 0. The molecule has 3 N–H and O–H groups in total. The Morgan fingerprint density at radius 1 is 1.42 bits per heavy atom. The van der Waals surface area contributed by atoms with E-state index in [4.69, 9.17) is 0 Å². The lowest BCUT2D eigenvalue weighted by atomic mass is 9.82. The molecule has 2 aliphatic heterocycles. The van der Waals surface area contributed by atoms with Gasteiger partial charge in [0.25, 0.3) is 0 Å². The number of rotatable bonds is 7. The molecule has 136 valence electrons. The first-order chi connectivity index (χ1) is 12.6. The summed E-state index contributed by atoms with van der Waals surface area (Å²) in [6.45, 7) is 1.67. The SMILES string of the molecule is CCC(O)(C=O)/C(=C/C1=NCC2=Cc3ccccc3NC21)C(C=O)CO. The lowest BCUT2D eigenvalue weighted by Crippen LogP contribution is -2.39. The maximum atomic E-state index is 11.5. The van der Waals surface area contributed by atoms with Crippen LogP contribution in [0.2, 0.25) is 0 Å². The highest BCUT2D eigenvalue weighted by Gasteiger charge is 2.36. The van der Waals surface area contributed by atoms with Crippen molar-refractivity contribution in [2.45, 2.75) is 25.0 Å². The van der Waals surface area contributed by atoms with Crippen LogP contribution in [0, 0.1) is 5.92 Å². The van der Waals surface area contributed by atoms with Crippen LogP contribution < -0.4 is 5.32 Å². The van der Waals surface area contributed by atoms with Gasteiger partial charge in [-0.15, -0.1) is 0 Å². The van der Waals surface area contributed by atoms with E-state index >= 15 is 0 Å². The molecule has 26 heavy (non-hydrogen) atoms. The lowest BCUT2D eigenvalue weighted by Gasteiger charge is -2.28. The Hall–Kier alpha value is -2.57. The summed E-state index contributed by atoms with van der Waals surface area (Å²) in [6, 6.07) is 7.71. The van der Waals surface area contributed by atoms with E-state index in [2.05, 4.69) is 16.4 Å². The van der Waals surface area contributed by atoms with Gasteiger partial charge in [-0.2, -0.15) is 0 Å². The van der Waals surface area contributed by atoms with Crippen LogP contribution in [0.25, 0.3) is 6.08 Å². The third-order valence-electron chi connectivity index (χ3n) is 5.01. The lowest BCUT2D eigenvalue weighted by molar-refractivity contribution is -0.122. The van der Waals surface area contributed by atoms with Gasteiger partial charge in [0.1, 0.15) is 11.9 Å². The molecule has 2 heterocycles. The van der Waals surface area contributed by atoms with Crippen LogP contribution in [0.3, 0.4) is 0 Å². The number of aliphatic imine (C=N–C) groups is 1. The molecule has 0 bridgehead atoms. The molecule has 0 saturated heterocycles. The van der Waals surface area contributed by atoms with Crippen LogP contribution in [-0.4, -0.2) is 53.3 Å². The van der Waals surface area contributed by atoms with Gasteiger partial charge in [-0.25, -0.2) is 0 Å². The summed E-state index contributed by atoms with van der Waals surface area (Å²) in [6.07, 6.45) is 4.73. The summed E-state index contributed by atoms with van der Waals surface area (Å²) >= 11 is 0. The van der Waals surface area contributed by atoms with Crippen LogP contribution in [0.15, 0.2) is 46.5 Å². The van der Waals surface area contributed by atoms with Gasteiger partial charge in [0.15, 0.2) is 6.29 Å². The molecule has 0 saturated carbocycles. The van der Waals surface area contributed by atoms with E-state index in [1.807, 2.05) is 24.3 Å². The topological polar surface area (TPSA) is 99.0 Å². The number of carbonyl (C=O) groups is 2. The van der Waals surface area contributed by atoms with Crippen LogP contribution in [0.5, 0.6) is 0 Å². The van der Waals surface area contributed by atoms with Crippen LogP contribution in [0.4, 0.5) is 5.69 Å². The number of carbonyl (C=O) groups excluding carboxylic acids is 2. The molecule has 0 spiro atoms. The number of aliphatic hydroxyl groups is 2. The maximum absolute atomic E-state index is 11.5. The van der Waals surface area contributed by atoms with Crippen molar-refractivity contribution in [3.05, 3.63) is 47.1 Å². The molecule has 2 aliphatic rings. The van der Waals surface area contributed by atoms with Crippen molar-refractivity contribution in [1.29, 1.82) is 0 Å². The molecule has 0 aromatic heterocycles. The molecule has 1 aromatic carbocycles. The first-order valence-corrected chi connectivity index (χ1v) is 8.63. The van der Waals surface area contributed by atoms with Crippen LogP contribution in [0.1, 0.15) is 18.9 Å². The van der Waals surface area contributed by atoms with Crippen molar-refractivity contribution in [3.8, 4) is 0 Å². The van der Waals surface area contributed by atoms with Gasteiger partial charge in [0.05, 0.1) is 30.8 Å². The van der Waals surface area contributed by atoms with Crippen molar-refractivity contribution in [2.24, 2.45) is 10.9 Å². The molecular weight excluding hydrogens is 332 g/mol.